The van der Waals surface area contributed by atoms with E-state index < -0.39 is 0 Å². The first-order valence-electron chi connectivity index (χ1n) is 7.23. The van der Waals surface area contributed by atoms with Crippen molar-refractivity contribution in [2.45, 2.75) is 34.2 Å². The summed E-state index contributed by atoms with van der Waals surface area (Å²) in [5.74, 6) is 7.36. The van der Waals surface area contributed by atoms with Crippen molar-refractivity contribution in [3.8, 4) is 11.8 Å². The molecule has 108 valence electrons. The SMILES string of the molecule is Cc1ccc(C#CC(C)(C)C)c(NCc2ccccc2)n1. The Kier molecular flexibility index (Phi) is 4.65. The van der Waals surface area contributed by atoms with Gasteiger partial charge in [0.2, 0.25) is 0 Å². The molecule has 0 spiro atoms. The number of hydrogen-bond acceptors (Lipinski definition) is 2. The Bertz CT molecular complexity index is 655. The van der Waals surface area contributed by atoms with Gasteiger partial charge in [0.15, 0.2) is 0 Å². The minimum Gasteiger partial charge on any atom is -0.365 e. The predicted octanol–water partition coefficient (Wildman–Crippen LogP) is 4.40. The van der Waals surface area contributed by atoms with Crippen LogP contribution in [-0.2, 0) is 6.54 Å². The second-order valence-corrected chi connectivity index (χ2v) is 6.19. The molecule has 1 aromatic carbocycles. The van der Waals surface area contributed by atoms with Crippen molar-refractivity contribution in [1.82, 2.24) is 4.98 Å². The van der Waals surface area contributed by atoms with Crippen molar-refractivity contribution in [1.29, 1.82) is 0 Å². The Labute approximate surface area is 127 Å². The summed E-state index contributed by atoms with van der Waals surface area (Å²) >= 11 is 0. The number of pyridine rings is 1. The smallest absolute Gasteiger partial charge is 0.142 e. The number of aromatic nitrogens is 1. The van der Waals surface area contributed by atoms with Crippen LogP contribution < -0.4 is 5.32 Å². The maximum Gasteiger partial charge on any atom is 0.142 e. The van der Waals surface area contributed by atoms with E-state index in [1.165, 1.54) is 5.56 Å². The first-order valence-corrected chi connectivity index (χ1v) is 7.23. The van der Waals surface area contributed by atoms with Gasteiger partial charge in [-0.25, -0.2) is 4.98 Å². The summed E-state index contributed by atoms with van der Waals surface area (Å²) < 4.78 is 0. The zero-order valence-electron chi connectivity index (χ0n) is 13.2. The van der Waals surface area contributed by atoms with Gasteiger partial charge in [-0.15, -0.1) is 0 Å². The zero-order valence-corrected chi connectivity index (χ0v) is 13.2. The first kappa shape index (κ1) is 15.1. The summed E-state index contributed by atoms with van der Waals surface area (Å²) in [6.45, 7) is 9.08. The van der Waals surface area contributed by atoms with Gasteiger partial charge in [-0.1, -0.05) is 42.2 Å². The van der Waals surface area contributed by atoms with Crippen LogP contribution in [0.1, 0.15) is 37.6 Å². The zero-order chi connectivity index (χ0) is 15.3. The molecule has 1 N–H and O–H groups in total. The Morgan fingerprint density at radius 1 is 1.05 bits per heavy atom. The Morgan fingerprint density at radius 3 is 2.43 bits per heavy atom. The average Bonchev–Trinajstić information content (AvgIpc) is 2.44. The standard InChI is InChI=1S/C19H22N2/c1-15-10-11-17(12-13-19(2,3)4)18(21-15)20-14-16-8-6-5-7-9-16/h5-11H,14H2,1-4H3,(H,20,21). The van der Waals surface area contributed by atoms with Crippen LogP contribution in [0.25, 0.3) is 0 Å². The normalized spacial score (nSPS) is 10.7. The van der Waals surface area contributed by atoms with Gasteiger partial charge in [0.1, 0.15) is 5.82 Å². The molecule has 2 rings (SSSR count). The van der Waals surface area contributed by atoms with Crippen molar-refractivity contribution in [2.24, 2.45) is 5.41 Å². The minimum atomic E-state index is -0.0123. The fourth-order valence-electron chi connectivity index (χ4n) is 1.83. The van der Waals surface area contributed by atoms with Crippen LogP contribution in [0.2, 0.25) is 0 Å². The molecule has 0 unspecified atom stereocenters. The van der Waals surface area contributed by atoms with Crippen LogP contribution in [0, 0.1) is 24.2 Å². The second kappa shape index (κ2) is 6.45. The second-order valence-electron chi connectivity index (χ2n) is 6.19. The molecular formula is C19H22N2. The topological polar surface area (TPSA) is 24.9 Å². The largest absolute Gasteiger partial charge is 0.365 e. The highest BCUT2D eigenvalue weighted by Crippen LogP contribution is 2.16. The van der Waals surface area contributed by atoms with E-state index >= 15 is 0 Å². The monoisotopic (exact) mass is 278 g/mol. The molecule has 0 saturated carbocycles. The lowest BCUT2D eigenvalue weighted by Crippen LogP contribution is -2.05. The molecule has 1 heterocycles. The maximum absolute atomic E-state index is 4.58. The van der Waals surface area contributed by atoms with Crippen LogP contribution in [-0.4, -0.2) is 4.98 Å². The van der Waals surface area contributed by atoms with E-state index in [1.807, 2.05) is 37.3 Å². The number of rotatable bonds is 3. The lowest BCUT2D eigenvalue weighted by atomic mass is 9.97. The summed E-state index contributed by atoms with van der Waals surface area (Å²) in [7, 11) is 0. The molecule has 0 saturated heterocycles. The van der Waals surface area contributed by atoms with Crippen LogP contribution in [0.5, 0.6) is 0 Å². The fourth-order valence-corrected chi connectivity index (χ4v) is 1.83. The highest BCUT2D eigenvalue weighted by molar-refractivity contribution is 5.55. The van der Waals surface area contributed by atoms with Gasteiger partial charge in [0.05, 0.1) is 5.56 Å². The van der Waals surface area contributed by atoms with Gasteiger partial charge >= 0.3 is 0 Å². The van der Waals surface area contributed by atoms with Crippen LogP contribution >= 0.6 is 0 Å². The van der Waals surface area contributed by atoms with Crippen molar-refractivity contribution in [2.75, 3.05) is 5.32 Å². The number of aryl methyl sites for hydroxylation is 1. The van der Waals surface area contributed by atoms with Gasteiger partial charge in [0.25, 0.3) is 0 Å². The van der Waals surface area contributed by atoms with E-state index in [2.05, 4.69) is 55.0 Å². The Balaban J connectivity index is 2.21. The van der Waals surface area contributed by atoms with Gasteiger partial charge in [-0.05, 0) is 45.4 Å². The van der Waals surface area contributed by atoms with Crippen LogP contribution in [0.4, 0.5) is 5.82 Å². The molecule has 0 fully saturated rings. The van der Waals surface area contributed by atoms with E-state index in [0.717, 1.165) is 23.6 Å². The molecule has 21 heavy (non-hydrogen) atoms. The molecule has 2 nitrogen and oxygen atoms in total. The summed E-state index contributed by atoms with van der Waals surface area (Å²) in [6.07, 6.45) is 0. The quantitative estimate of drug-likeness (QED) is 0.842. The third kappa shape index (κ3) is 4.96. The molecule has 0 amide bonds. The Morgan fingerprint density at radius 2 is 1.76 bits per heavy atom. The lowest BCUT2D eigenvalue weighted by Gasteiger charge is -2.10. The van der Waals surface area contributed by atoms with Crippen molar-refractivity contribution < 1.29 is 0 Å². The van der Waals surface area contributed by atoms with E-state index in [9.17, 15) is 0 Å². The van der Waals surface area contributed by atoms with Crippen LogP contribution in [0.15, 0.2) is 42.5 Å². The minimum absolute atomic E-state index is 0.0123. The lowest BCUT2D eigenvalue weighted by molar-refractivity contribution is 0.571. The summed E-state index contributed by atoms with van der Waals surface area (Å²) in [4.78, 5) is 4.58. The average molecular weight is 278 g/mol. The summed E-state index contributed by atoms with van der Waals surface area (Å²) in [5, 5.41) is 3.39. The number of anilines is 1. The third-order valence-corrected chi connectivity index (χ3v) is 2.91. The van der Waals surface area contributed by atoms with Crippen molar-refractivity contribution in [3.05, 3.63) is 59.3 Å². The molecule has 0 bridgehead atoms. The Hall–Kier alpha value is -2.27. The molecule has 1 aromatic heterocycles. The predicted molar refractivity (Wildman–Crippen MR) is 89.1 cm³/mol. The number of nitrogens with zero attached hydrogens (tertiary/aromatic N) is 1. The van der Waals surface area contributed by atoms with Gasteiger partial charge in [0, 0.05) is 17.7 Å². The van der Waals surface area contributed by atoms with Gasteiger partial charge < -0.3 is 5.32 Å². The summed E-state index contributed by atoms with van der Waals surface area (Å²) in [5.41, 5.74) is 3.16. The molecule has 0 aliphatic carbocycles. The first-order chi connectivity index (χ1) is 9.94. The van der Waals surface area contributed by atoms with E-state index in [-0.39, 0.29) is 5.41 Å². The fraction of sp³-hybridized carbons (Fsp3) is 0.316. The number of benzene rings is 1. The third-order valence-electron chi connectivity index (χ3n) is 2.91. The number of hydrogen-bond donors (Lipinski definition) is 1. The van der Waals surface area contributed by atoms with Gasteiger partial charge in [-0.2, -0.15) is 0 Å². The van der Waals surface area contributed by atoms with Crippen LogP contribution in [0.3, 0.4) is 0 Å². The highest BCUT2D eigenvalue weighted by Gasteiger charge is 2.06. The molecule has 2 heteroatoms. The van der Waals surface area contributed by atoms with E-state index in [1.54, 1.807) is 0 Å². The molecule has 2 aromatic rings. The molecule has 0 aliphatic heterocycles. The molecule has 0 atom stereocenters. The maximum atomic E-state index is 4.58. The molecular weight excluding hydrogens is 256 g/mol. The molecule has 0 radical (unpaired) electrons. The van der Waals surface area contributed by atoms with E-state index in [0.29, 0.717) is 0 Å². The van der Waals surface area contributed by atoms with Crippen molar-refractivity contribution in [3.63, 3.8) is 0 Å². The number of nitrogens with one attached hydrogen (secondary N) is 1. The summed E-state index contributed by atoms with van der Waals surface area (Å²) in [6, 6.07) is 14.3. The van der Waals surface area contributed by atoms with E-state index in [4.69, 9.17) is 0 Å². The highest BCUT2D eigenvalue weighted by atomic mass is 15.0. The molecule has 0 aliphatic rings. The van der Waals surface area contributed by atoms with Gasteiger partial charge in [-0.3, -0.25) is 0 Å². The van der Waals surface area contributed by atoms with Crippen molar-refractivity contribution >= 4 is 5.82 Å².